The average Bonchev–Trinajstić information content (AvgIpc) is 3.02. The number of nitrogens with one attached hydrogen (secondary N) is 1. The standard InChI is InChI=1S/C20H20BrNO2S/c1-2-14-3-8-18-15(13-24-19(18)11-14)12-20(23)22-9-10-25-17-6-4-16(21)5-7-17/h3-8,11,13H,2,9-10,12H2,1H3,(H,22,23). The van der Waals surface area contributed by atoms with Gasteiger partial charge in [-0.2, -0.15) is 0 Å². The Balaban J connectivity index is 1.48. The minimum atomic E-state index is 0.0266. The maximum atomic E-state index is 12.2. The lowest BCUT2D eigenvalue weighted by Gasteiger charge is -2.05. The van der Waals surface area contributed by atoms with Crippen LogP contribution in [0.25, 0.3) is 11.0 Å². The van der Waals surface area contributed by atoms with Crippen LogP contribution < -0.4 is 5.32 Å². The molecule has 0 fully saturated rings. The Labute approximate surface area is 160 Å². The van der Waals surface area contributed by atoms with Crippen LogP contribution in [0, 0.1) is 0 Å². The molecule has 1 aromatic heterocycles. The van der Waals surface area contributed by atoms with Gasteiger partial charge in [-0.15, -0.1) is 11.8 Å². The van der Waals surface area contributed by atoms with E-state index < -0.39 is 0 Å². The Hall–Kier alpha value is -1.72. The molecule has 2 aromatic carbocycles. The zero-order chi connectivity index (χ0) is 17.6. The van der Waals surface area contributed by atoms with Gasteiger partial charge < -0.3 is 9.73 Å². The molecule has 3 rings (SSSR count). The molecule has 0 radical (unpaired) electrons. The number of carbonyl (C=O) groups excluding carboxylic acids is 1. The maximum Gasteiger partial charge on any atom is 0.224 e. The van der Waals surface area contributed by atoms with Gasteiger partial charge in [0, 0.05) is 32.6 Å². The van der Waals surface area contributed by atoms with Gasteiger partial charge in [-0.3, -0.25) is 4.79 Å². The number of hydrogen-bond acceptors (Lipinski definition) is 3. The number of hydrogen-bond donors (Lipinski definition) is 1. The molecule has 5 heteroatoms. The highest BCUT2D eigenvalue weighted by atomic mass is 79.9. The first-order chi connectivity index (χ1) is 12.2. The number of amides is 1. The van der Waals surface area contributed by atoms with Gasteiger partial charge in [0.05, 0.1) is 12.7 Å². The van der Waals surface area contributed by atoms with Gasteiger partial charge in [0.25, 0.3) is 0 Å². The van der Waals surface area contributed by atoms with Crippen LogP contribution in [0.2, 0.25) is 0 Å². The molecule has 0 saturated heterocycles. The van der Waals surface area contributed by atoms with E-state index in [2.05, 4.69) is 46.4 Å². The summed E-state index contributed by atoms with van der Waals surface area (Å²) in [6, 6.07) is 14.4. The number of benzene rings is 2. The van der Waals surface area contributed by atoms with Gasteiger partial charge in [-0.05, 0) is 42.3 Å². The molecule has 0 unspecified atom stereocenters. The summed E-state index contributed by atoms with van der Waals surface area (Å²) in [5, 5.41) is 4.00. The van der Waals surface area contributed by atoms with Crippen molar-refractivity contribution in [2.75, 3.05) is 12.3 Å². The van der Waals surface area contributed by atoms with Crippen LogP contribution in [-0.2, 0) is 17.6 Å². The molecule has 130 valence electrons. The number of rotatable bonds is 7. The van der Waals surface area contributed by atoms with E-state index in [1.165, 1.54) is 10.5 Å². The van der Waals surface area contributed by atoms with E-state index in [0.717, 1.165) is 33.2 Å². The summed E-state index contributed by atoms with van der Waals surface area (Å²) in [7, 11) is 0. The molecule has 0 spiro atoms. The SMILES string of the molecule is CCc1ccc2c(CC(=O)NCCSc3ccc(Br)cc3)coc2c1. The summed E-state index contributed by atoms with van der Waals surface area (Å²) in [5.74, 6) is 0.873. The fraction of sp³-hybridized carbons (Fsp3) is 0.250. The lowest BCUT2D eigenvalue weighted by molar-refractivity contribution is -0.120. The first-order valence-corrected chi connectivity index (χ1v) is 10.1. The molecule has 1 N–H and O–H groups in total. The minimum absolute atomic E-state index is 0.0266. The van der Waals surface area contributed by atoms with Crippen molar-refractivity contribution in [2.24, 2.45) is 0 Å². The summed E-state index contributed by atoms with van der Waals surface area (Å²) in [5.41, 5.74) is 3.03. The number of aryl methyl sites for hydroxylation is 1. The average molecular weight is 418 g/mol. The molecule has 25 heavy (non-hydrogen) atoms. The zero-order valence-corrected chi connectivity index (χ0v) is 16.5. The third-order valence-corrected chi connectivity index (χ3v) is 5.53. The lowest BCUT2D eigenvalue weighted by atomic mass is 10.1. The van der Waals surface area contributed by atoms with E-state index >= 15 is 0 Å². The second kappa shape index (κ2) is 8.59. The van der Waals surface area contributed by atoms with Crippen molar-refractivity contribution in [3.8, 4) is 0 Å². The largest absolute Gasteiger partial charge is 0.464 e. The van der Waals surface area contributed by atoms with Crippen LogP contribution in [0.3, 0.4) is 0 Å². The molecular formula is C20H20BrNO2S. The molecule has 1 heterocycles. The third kappa shape index (κ3) is 4.89. The Morgan fingerprint density at radius 2 is 2.00 bits per heavy atom. The normalized spacial score (nSPS) is 11.0. The third-order valence-electron chi connectivity index (χ3n) is 3.99. The Morgan fingerprint density at radius 3 is 2.76 bits per heavy atom. The predicted molar refractivity (Wildman–Crippen MR) is 107 cm³/mol. The zero-order valence-electron chi connectivity index (χ0n) is 14.0. The fourth-order valence-corrected chi connectivity index (χ4v) is 3.64. The molecule has 3 aromatic rings. The first kappa shape index (κ1) is 18.1. The van der Waals surface area contributed by atoms with Crippen molar-refractivity contribution in [3.05, 3.63) is 64.3 Å². The van der Waals surface area contributed by atoms with Gasteiger partial charge in [0.15, 0.2) is 0 Å². The molecule has 0 aliphatic carbocycles. The molecular weight excluding hydrogens is 398 g/mol. The van der Waals surface area contributed by atoms with Gasteiger partial charge >= 0.3 is 0 Å². The highest BCUT2D eigenvalue weighted by Crippen LogP contribution is 2.23. The fourth-order valence-electron chi connectivity index (χ4n) is 2.61. The second-order valence-electron chi connectivity index (χ2n) is 5.77. The Bertz CT molecular complexity index is 858. The second-order valence-corrected chi connectivity index (χ2v) is 7.86. The molecule has 1 amide bonds. The lowest BCUT2D eigenvalue weighted by Crippen LogP contribution is -2.27. The highest BCUT2D eigenvalue weighted by Gasteiger charge is 2.10. The van der Waals surface area contributed by atoms with E-state index in [1.807, 2.05) is 24.3 Å². The highest BCUT2D eigenvalue weighted by molar-refractivity contribution is 9.10. The van der Waals surface area contributed by atoms with Crippen LogP contribution in [-0.4, -0.2) is 18.2 Å². The summed E-state index contributed by atoms with van der Waals surface area (Å²) >= 11 is 5.16. The topological polar surface area (TPSA) is 42.2 Å². The van der Waals surface area contributed by atoms with E-state index in [0.29, 0.717) is 13.0 Å². The monoisotopic (exact) mass is 417 g/mol. The van der Waals surface area contributed by atoms with Gasteiger partial charge in [0.1, 0.15) is 5.58 Å². The quantitative estimate of drug-likeness (QED) is 0.423. The van der Waals surface area contributed by atoms with Crippen LogP contribution in [0.1, 0.15) is 18.1 Å². The number of halogens is 1. The van der Waals surface area contributed by atoms with Crippen molar-refractivity contribution in [1.82, 2.24) is 5.32 Å². The van der Waals surface area contributed by atoms with Crippen LogP contribution in [0.5, 0.6) is 0 Å². The summed E-state index contributed by atoms with van der Waals surface area (Å²) in [6.07, 6.45) is 3.02. The predicted octanol–water partition coefficient (Wildman–Crippen LogP) is 5.21. The smallest absolute Gasteiger partial charge is 0.224 e. The van der Waals surface area contributed by atoms with Crippen LogP contribution >= 0.6 is 27.7 Å². The van der Waals surface area contributed by atoms with Crippen LogP contribution in [0.4, 0.5) is 0 Å². The minimum Gasteiger partial charge on any atom is -0.464 e. The van der Waals surface area contributed by atoms with Gasteiger partial charge in [-0.25, -0.2) is 0 Å². The summed E-state index contributed by atoms with van der Waals surface area (Å²) < 4.78 is 6.67. The van der Waals surface area contributed by atoms with E-state index in [-0.39, 0.29) is 5.91 Å². The van der Waals surface area contributed by atoms with Crippen molar-refractivity contribution >= 4 is 44.6 Å². The summed E-state index contributed by atoms with van der Waals surface area (Å²) in [6.45, 7) is 2.76. The molecule has 0 bridgehead atoms. The van der Waals surface area contributed by atoms with E-state index in [9.17, 15) is 4.79 Å². The number of furan rings is 1. The van der Waals surface area contributed by atoms with Crippen molar-refractivity contribution in [3.63, 3.8) is 0 Å². The van der Waals surface area contributed by atoms with E-state index in [4.69, 9.17) is 4.42 Å². The molecule has 0 aliphatic rings. The first-order valence-electron chi connectivity index (χ1n) is 8.30. The van der Waals surface area contributed by atoms with Gasteiger partial charge in [-0.1, -0.05) is 35.0 Å². The molecule has 0 atom stereocenters. The van der Waals surface area contributed by atoms with E-state index in [1.54, 1.807) is 18.0 Å². The van der Waals surface area contributed by atoms with Crippen molar-refractivity contribution < 1.29 is 9.21 Å². The summed E-state index contributed by atoms with van der Waals surface area (Å²) in [4.78, 5) is 13.4. The Kier molecular flexibility index (Phi) is 6.21. The Morgan fingerprint density at radius 1 is 1.20 bits per heavy atom. The van der Waals surface area contributed by atoms with Crippen molar-refractivity contribution in [1.29, 1.82) is 0 Å². The molecule has 3 nitrogen and oxygen atoms in total. The molecule has 0 saturated carbocycles. The number of fused-ring (bicyclic) bond motifs is 1. The number of thioether (sulfide) groups is 1. The number of carbonyl (C=O) groups is 1. The molecule has 0 aliphatic heterocycles. The van der Waals surface area contributed by atoms with Crippen molar-refractivity contribution in [2.45, 2.75) is 24.7 Å². The van der Waals surface area contributed by atoms with Gasteiger partial charge in [0.2, 0.25) is 5.91 Å². The maximum absolute atomic E-state index is 12.2. The van der Waals surface area contributed by atoms with Crippen LogP contribution in [0.15, 0.2) is 62.5 Å².